The molecule has 154 valence electrons. The lowest BCUT2D eigenvalue weighted by atomic mass is 9.99. The third kappa shape index (κ3) is 4.86. The van der Waals surface area contributed by atoms with Crippen molar-refractivity contribution in [3.05, 3.63) is 17.0 Å². The van der Waals surface area contributed by atoms with E-state index in [9.17, 15) is 18.0 Å². The number of aromatic nitrogens is 2. The molecular weight excluding hydrogens is 373 g/mol. The van der Waals surface area contributed by atoms with E-state index >= 15 is 0 Å². The molecule has 28 heavy (non-hydrogen) atoms. The largest absolute Gasteiger partial charge is 0.408 e. The molecule has 1 unspecified atom stereocenters. The van der Waals surface area contributed by atoms with Gasteiger partial charge in [0.05, 0.1) is 24.9 Å². The number of nitrogens with one attached hydrogen (secondary N) is 1. The minimum atomic E-state index is -4.36. The Labute approximate surface area is 162 Å². The van der Waals surface area contributed by atoms with Gasteiger partial charge in [-0.1, -0.05) is 5.92 Å². The van der Waals surface area contributed by atoms with Crippen LogP contribution < -0.4 is 5.32 Å². The number of rotatable bonds is 2. The second kappa shape index (κ2) is 8.53. The first kappa shape index (κ1) is 20.7. The minimum absolute atomic E-state index is 0.197. The number of morpholine rings is 1. The van der Waals surface area contributed by atoms with Gasteiger partial charge in [0.2, 0.25) is 0 Å². The fourth-order valence-electron chi connectivity index (χ4n) is 3.80. The maximum Gasteiger partial charge on any atom is 0.408 e. The van der Waals surface area contributed by atoms with Crippen LogP contribution in [0.2, 0.25) is 0 Å². The molecule has 1 amide bonds. The van der Waals surface area contributed by atoms with Crippen LogP contribution in [-0.2, 0) is 16.1 Å². The van der Waals surface area contributed by atoms with Crippen LogP contribution in [0, 0.1) is 31.6 Å². The molecule has 3 heterocycles. The highest BCUT2D eigenvalue weighted by molar-refractivity contribution is 5.94. The normalized spacial score (nSPS) is 21.3. The summed E-state index contributed by atoms with van der Waals surface area (Å²) < 4.78 is 44.9. The quantitative estimate of drug-likeness (QED) is 0.774. The van der Waals surface area contributed by atoms with Gasteiger partial charge in [0.25, 0.3) is 5.91 Å². The maximum atomic E-state index is 12.8. The van der Waals surface area contributed by atoms with Crippen LogP contribution in [0.15, 0.2) is 0 Å². The first-order chi connectivity index (χ1) is 13.3. The number of halogens is 3. The number of nitrogens with zero attached hydrogens (tertiary/aromatic N) is 3. The van der Waals surface area contributed by atoms with Crippen LogP contribution in [0.25, 0.3) is 0 Å². The predicted molar refractivity (Wildman–Crippen MR) is 96.4 cm³/mol. The SMILES string of the molecule is Cc1nn(CC(F)(F)F)c(C)c1C1COCCN1C(=O)C#CC1CCNCC1. The number of aryl methyl sites for hydroxylation is 1. The van der Waals surface area contributed by atoms with Gasteiger partial charge < -0.3 is 15.0 Å². The molecule has 0 bridgehead atoms. The van der Waals surface area contributed by atoms with E-state index in [-0.39, 0.29) is 18.4 Å². The summed E-state index contributed by atoms with van der Waals surface area (Å²) in [7, 11) is 0. The predicted octanol–water partition coefficient (Wildman–Crippen LogP) is 1.97. The molecular formula is C19H25F3N4O2. The molecule has 2 saturated heterocycles. The highest BCUT2D eigenvalue weighted by atomic mass is 19.4. The fraction of sp³-hybridized carbons (Fsp3) is 0.684. The van der Waals surface area contributed by atoms with E-state index in [2.05, 4.69) is 22.3 Å². The zero-order valence-corrected chi connectivity index (χ0v) is 16.1. The number of alkyl halides is 3. The number of hydrogen-bond donors (Lipinski definition) is 1. The summed E-state index contributed by atoms with van der Waals surface area (Å²) in [5, 5.41) is 7.30. The summed E-state index contributed by atoms with van der Waals surface area (Å²) in [5.41, 5.74) is 1.48. The minimum Gasteiger partial charge on any atom is -0.377 e. The lowest BCUT2D eigenvalue weighted by Gasteiger charge is -2.34. The van der Waals surface area contributed by atoms with E-state index < -0.39 is 18.8 Å². The van der Waals surface area contributed by atoms with Crippen LogP contribution in [0.5, 0.6) is 0 Å². The Hall–Kier alpha value is -2.05. The monoisotopic (exact) mass is 398 g/mol. The van der Waals surface area contributed by atoms with Gasteiger partial charge >= 0.3 is 6.18 Å². The average molecular weight is 398 g/mol. The molecule has 0 saturated carbocycles. The molecule has 1 N–H and O–H groups in total. The third-order valence-electron chi connectivity index (χ3n) is 5.21. The Balaban J connectivity index is 1.82. The van der Waals surface area contributed by atoms with E-state index in [0.29, 0.717) is 30.1 Å². The molecule has 3 rings (SSSR count). The van der Waals surface area contributed by atoms with Crippen LogP contribution >= 0.6 is 0 Å². The van der Waals surface area contributed by atoms with Gasteiger partial charge in [-0.15, -0.1) is 0 Å². The molecule has 6 nitrogen and oxygen atoms in total. The summed E-state index contributed by atoms with van der Waals surface area (Å²) in [4.78, 5) is 14.4. The smallest absolute Gasteiger partial charge is 0.377 e. The standard InChI is InChI=1S/C19H25F3N4O2/c1-13-18(14(2)26(24-13)12-19(20,21)22)16-11-28-10-9-25(16)17(27)4-3-15-5-7-23-8-6-15/h15-16,23H,5-12H2,1-2H3. The molecule has 0 spiro atoms. The van der Waals surface area contributed by atoms with Crippen molar-refractivity contribution in [2.75, 3.05) is 32.8 Å². The number of carbonyl (C=O) groups is 1. The molecule has 0 aromatic carbocycles. The van der Waals surface area contributed by atoms with Gasteiger partial charge in [-0.3, -0.25) is 9.48 Å². The molecule has 9 heteroatoms. The van der Waals surface area contributed by atoms with Gasteiger partial charge in [0.15, 0.2) is 0 Å². The number of hydrogen-bond acceptors (Lipinski definition) is 4. The van der Waals surface area contributed by atoms with Crippen molar-refractivity contribution in [3.8, 4) is 11.8 Å². The van der Waals surface area contributed by atoms with Crippen molar-refractivity contribution in [2.24, 2.45) is 5.92 Å². The molecule has 0 aliphatic carbocycles. The summed E-state index contributed by atoms with van der Waals surface area (Å²) in [6.07, 6.45) is -2.54. The molecule has 2 fully saturated rings. The number of carbonyl (C=O) groups excluding carboxylic acids is 1. The Morgan fingerprint density at radius 3 is 2.71 bits per heavy atom. The van der Waals surface area contributed by atoms with Gasteiger partial charge in [-0.05, 0) is 45.7 Å². The summed E-state index contributed by atoms with van der Waals surface area (Å²) in [6, 6.07) is -0.481. The van der Waals surface area contributed by atoms with E-state index in [1.165, 1.54) is 0 Å². The van der Waals surface area contributed by atoms with Crippen LogP contribution in [0.4, 0.5) is 13.2 Å². The average Bonchev–Trinajstić information content (AvgIpc) is 2.92. The van der Waals surface area contributed by atoms with E-state index in [1.807, 2.05) is 0 Å². The van der Waals surface area contributed by atoms with Gasteiger partial charge in [0, 0.05) is 23.7 Å². The Kier molecular flexibility index (Phi) is 6.30. The van der Waals surface area contributed by atoms with Crippen LogP contribution in [0.1, 0.15) is 35.8 Å². The lowest BCUT2D eigenvalue weighted by molar-refractivity contribution is -0.143. The van der Waals surface area contributed by atoms with Crippen LogP contribution in [-0.4, -0.2) is 59.6 Å². The molecule has 2 aliphatic heterocycles. The number of piperidine rings is 1. The number of ether oxygens (including phenoxy) is 1. The van der Waals surface area contributed by atoms with Crippen molar-refractivity contribution in [3.63, 3.8) is 0 Å². The van der Waals surface area contributed by atoms with Gasteiger partial charge in [0.1, 0.15) is 6.54 Å². The first-order valence-corrected chi connectivity index (χ1v) is 9.47. The molecule has 2 aliphatic rings. The van der Waals surface area contributed by atoms with E-state index in [1.54, 1.807) is 18.7 Å². The van der Waals surface area contributed by atoms with Crippen molar-refractivity contribution in [2.45, 2.75) is 45.5 Å². The molecule has 0 radical (unpaired) electrons. The van der Waals surface area contributed by atoms with Crippen molar-refractivity contribution < 1.29 is 22.7 Å². The van der Waals surface area contributed by atoms with Gasteiger partial charge in [-0.2, -0.15) is 18.3 Å². The summed E-state index contributed by atoms with van der Waals surface area (Å²) in [6.45, 7) is 4.85. The zero-order chi connectivity index (χ0) is 20.3. The molecule has 1 aromatic rings. The van der Waals surface area contributed by atoms with E-state index in [4.69, 9.17) is 4.74 Å². The van der Waals surface area contributed by atoms with Crippen molar-refractivity contribution in [1.29, 1.82) is 0 Å². The van der Waals surface area contributed by atoms with E-state index in [0.717, 1.165) is 30.6 Å². The van der Waals surface area contributed by atoms with Crippen LogP contribution in [0.3, 0.4) is 0 Å². The fourth-order valence-corrected chi connectivity index (χ4v) is 3.80. The van der Waals surface area contributed by atoms with Crippen molar-refractivity contribution >= 4 is 5.91 Å². The summed E-state index contributed by atoms with van der Waals surface area (Å²) in [5.74, 6) is 5.70. The Bertz CT molecular complexity index is 773. The topological polar surface area (TPSA) is 59.4 Å². The zero-order valence-electron chi connectivity index (χ0n) is 16.1. The third-order valence-corrected chi connectivity index (χ3v) is 5.21. The molecule has 1 atom stereocenters. The first-order valence-electron chi connectivity index (χ1n) is 9.47. The van der Waals surface area contributed by atoms with Gasteiger partial charge in [-0.25, -0.2) is 0 Å². The second-order valence-corrected chi connectivity index (χ2v) is 7.24. The Morgan fingerprint density at radius 1 is 1.32 bits per heavy atom. The van der Waals surface area contributed by atoms with Crippen molar-refractivity contribution in [1.82, 2.24) is 20.0 Å². The Morgan fingerprint density at radius 2 is 2.04 bits per heavy atom. The summed E-state index contributed by atoms with van der Waals surface area (Å²) >= 11 is 0. The number of amides is 1. The second-order valence-electron chi connectivity index (χ2n) is 7.24. The lowest BCUT2D eigenvalue weighted by Crippen LogP contribution is -2.43. The highest BCUT2D eigenvalue weighted by Gasteiger charge is 2.35. The highest BCUT2D eigenvalue weighted by Crippen LogP contribution is 2.31. The maximum absolute atomic E-state index is 12.8. The molecule has 1 aromatic heterocycles.